The van der Waals surface area contributed by atoms with Gasteiger partial charge in [-0.05, 0) is 30.7 Å². The van der Waals surface area contributed by atoms with Crippen LogP contribution in [0.2, 0.25) is 5.02 Å². The first-order valence-electron chi connectivity index (χ1n) is 7.15. The van der Waals surface area contributed by atoms with Crippen LogP contribution >= 0.6 is 11.6 Å². The molecule has 0 saturated carbocycles. The first-order chi connectivity index (χ1) is 9.63. The van der Waals surface area contributed by atoms with Gasteiger partial charge in [0.25, 0.3) is 5.91 Å². The molecule has 1 amide bonds. The predicted octanol–water partition coefficient (Wildman–Crippen LogP) is 1.38. The number of carbonyl (C=O) groups is 1. The number of nitrogens with zero attached hydrogens (tertiary/aromatic N) is 2. The van der Waals surface area contributed by atoms with Crippen LogP contribution in [0.1, 0.15) is 15.9 Å². The van der Waals surface area contributed by atoms with E-state index in [0.29, 0.717) is 16.6 Å². The van der Waals surface area contributed by atoms with E-state index in [1.165, 1.54) is 0 Å². The number of piperazine rings is 1. The molecular formula is C15H20ClN3O. The molecule has 108 valence electrons. The van der Waals surface area contributed by atoms with Gasteiger partial charge in [-0.25, -0.2) is 0 Å². The molecule has 2 aliphatic heterocycles. The number of hydrogen-bond acceptors (Lipinski definition) is 3. The highest BCUT2D eigenvalue weighted by Crippen LogP contribution is 2.18. The number of rotatable bonds is 2. The van der Waals surface area contributed by atoms with Crippen molar-refractivity contribution in [1.29, 1.82) is 0 Å². The first kappa shape index (κ1) is 13.9. The van der Waals surface area contributed by atoms with Crippen LogP contribution in [0.4, 0.5) is 0 Å². The second-order valence-corrected chi connectivity index (χ2v) is 6.09. The van der Waals surface area contributed by atoms with E-state index < -0.39 is 0 Å². The Bertz CT molecular complexity index is 488. The second-order valence-electron chi connectivity index (χ2n) is 5.66. The van der Waals surface area contributed by atoms with Gasteiger partial charge >= 0.3 is 0 Å². The fraction of sp³-hybridized carbons (Fsp3) is 0.533. The van der Waals surface area contributed by atoms with Gasteiger partial charge < -0.3 is 10.2 Å². The quantitative estimate of drug-likeness (QED) is 0.895. The van der Waals surface area contributed by atoms with Gasteiger partial charge in [-0.3, -0.25) is 9.69 Å². The van der Waals surface area contributed by atoms with Crippen molar-refractivity contribution in [2.75, 3.05) is 39.3 Å². The Labute approximate surface area is 124 Å². The molecule has 2 heterocycles. The summed E-state index contributed by atoms with van der Waals surface area (Å²) < 4.78 is 0. The van der Waals surface area contributed by atoms with Crippen LogP contribution in [0.25, 0.3) is 0 Å². The van der Waals surface area contributed by atoms with E-state index in [2.05, 4.69) is 10.2 Å². The Kier molecular flexibility index (Phi) is 3.96. The molecule has 0 bridgehead atoms. The number of aryl methyl sites for hydroxylation is 1. The summed E-state index contributed by atoms with van der Waals surface area (Å²) in [5.41, 5.74) is 1.73. The van der Waals surface area contributed by atoms with Crippen molar-refractivity contribution < 1.29 is 4.79 Å². The summed E-state index contributed by atoms with van der Waals surface area (Å²) in [6, 6.07) is 6.22. The van der Waals surface area contributed by atoms with E-state index in [4.69, 9.17) is 11.6 Å². The molecule has 2 saturated heterocycles. The smallest absolute Gasteiger partial charge is 0.254 e. The highest BCUT2D eigenvalue weighted by atomic mass is 35.5. The fourth-order valence-electron chi connectivity index (χ4n) is 2.86. The van der Waals surface area contributed by atoms with Crippen LogP contribution in [0.3, 0.4) is 0 Å². The predicted molar refractivity (Wildman–Crippen MR) is 80.3 cm³/mol. The zero-order valence-corrected chi connectivity index (χ0v) is 12.5. The number of benzene rings is 1. The average molecular weight is 294 g/mol. The number of hydrogen-bond donors (Lipinski definition) is 1. The molecule has 0 spiro atoms. The minimum Gasteiger partial charge on any atom is -0.336 e. The molecule has 20 heavy (non-hydrogen) atoms. The van der Waals surface area contributed by atoms with Gasteiger partial charge in [0.1, 0.15) is 0 Å². The average Bonchev–Trinajstić information content (AvgIpc) is 2.35. The molecule has 2 aliphatic rings. The normalized spacial score (nSPS) is 20.8. The molecule has 4 nitrogen and oxygen atoms in total. The molecule has 2 fully saturated rings. The molecule has 1 aromatic rings. The number of carbonyl (C=O) groups excluding carboxylic acids is 1. The molecule has 0 radical (unpaired) electrons. The van der Waals surface area contributed by atoms with E-state index in [9.17, 15) is 4.79 Å². The molecule has 3 rings (SSSR count). The Morgan fingerprint density at radius 2 is 1.90 bits per heavy atom. The zero-order chi connectivity index (χ0) is 14.1. The lowest BCUT2D eigenvalue weighted by Gasteiger charge is -2.43. The van der Waals surface area contributed by atoms with Crippen LogP contribution < -0.4 is 5.32 Å². The van der Waals surface area contributed by atoms with Gasteiger partial charge in [0.05, 0.1) is 0 Å². The molecule has 0 unspecified atom stereocenters. The third kappa shape index (κ3) is 2.82. The maximum absolute atomic E-state index is 12.5. The topological polar surface area (TPSA) is 35.6 Å². The molecule has 0 atom stereocenters. The van der Waals surface area contributed by atoms with Gasteiger partial charge in [0, 0.05) is 55.9 Å². The molecule has 1 aromatic carbocycles. The molecule has 1 N–H and O–H groups in total. The SMILES string of the molecule is Cc1cc(Cl)cc(C(=O)N2CCN(C3CNC3)CC2)c1. The lowest BCUT2D eigenvalue weighted by molar-refractivity contribution is 0.0502. The summed E-state index contributed by atoms with van der Waals surface area (Å²) in [6.45, 7) is 7.68. The van der Waals surface area contributed by atoms with Crippen molar-refractivity contribution in [2.24, 2.45) is 0 Å². The van der Waals surface area contributed by atoms with E-state index >= 15 is 0 Å². The van der Waals surface area contributed by atoms with E-state index in [-0.39, 0.29) is 5.91 Å². The van der Waals surface area contributed by atoms with Crippen LogP contribution in [0, 0.1) is 6.92 Å². The Hall–Kier alpha value is -1.10. The third-order valence-electron chi connectivity index (χ3n) is 4.17. The van der Waals surface area contributed by atoms with Gasteiger partial charge in [0.2, 0.25) is 0 Å². The Morgan fingerprint density at radius 3 is 2.45 bits per heavy atom. The van der Waals surface area contributed by atoms with Crippen molar-refractivity contribution in [2.45, 2.75) is 13.0 Å². The molecule has 0 aromatic heterocycles. The van der Waals surface area contributed by atoms with Crippen LogP contribution in [-0.4, -0.2) is 61.0 Å². The summed E-state index contributed by atoms with van der Waals surface area (Å²) >= 11 is 6.04. The van der Waals surface area contributed by atoms with Crippen molar-refractivity contribution in [3.8, 4) is 0 Å². The Morgan fingerprint density at radius 1 is 1.20 bits per heavy atom. The molecule has 5 heteroatoms. The zero-order valence-electron chi connectivity index (χ0n) is 11.7. The maximum Gasteiger partial charge on any atom is 0.254 e. The van der Waals surface area contributed by atoms with Crippen LogP contribution in [0.15, 0.2) is 18.2 Å². The number of halogens is 1. The number of nitrogens with one attached hydrogen (secondary N) is 1. The largest absolute Gasteiger partial charge is 0.336 e. The minimum absolute atomic E-state index is 0.0991. The van der Waals surface area contributed by atoms with Crippen LogP contribution in [0.5, 0.6) is 0 Å². The van der Waals surface area contributed by atoms with Gasteiger partial charge in [-0.15, -0.1) is 0 Å². The third-order valence-corrected chi connectivity index (χ3v) is 4.39. The van der Waals surface area contributed by atoms with E-state index in [0.717, 1.165) is 44.8 Å². The summed E-state index contributed by atoms with van der Waals surface area (Å²) in [7, 11) is 0. The van der Waals surface area contributed by atoms with Gasteiger partial charge in [-0.1, -0.05) is 11.6 Å². The number of amides is 1. The maximum atomic E-state index is 12.5. The minimum atomic E-state index is 0.0991. The lowest BCUT2D eigenvalue weighted by Crippen LogP contribution is -2.62. The van der Waals surface area contributed by atoms with Crippen LogP contribution in [-0.2, 0) is 0 Å². The summed E-state index contributed by atoms with van der Waals surface area (Å²) in [4.78, 5) is 16.9. The van der Waals surface area contributed by atoms with Gasteiger partial charge in [-0.2, -0.15) is 0 Å². The highest BCUT2D eigenvalue weighted by molar-refractivity contribution is 6.31. The molecule has 0 aliphatic carbocycles. The van der Waals surface area contributed by atoms with Crippen molar-refractivity contribution in [3.05, 3.63) is 34.3 Å². The Balaban J connectivity index is 1.63. The van der Waals surface area contributed by atoms with E-state index in [1.807, 2.05) is 24.0 Å². The monoisotopic (exact) mass is 293 g/mol. The summed E-state index contributed by atoms with van der Waals surface area (Å²) in [5.74, 6) is 0.0991. The highest BCUT2D eigenvalue weighted by Gasteiger charge is 2.29. The lowest BCUT2D eigenvalue weighted by atomic mass is 10.1. The van der Waals surface area contributed by atoms with Crippen molar-refractivity contribution in [3.63, 3.8) is 0 Å². The molecular weight excluding hydrogens is 274 g/mol. The summed E-state index contributed by atoms with van der Waals surface area (Å²) in [5, 5.41) is 3.93. The van der Waals surface area contributed by atoms with Gasteiger partial charge in [0.15, 0.2) is 0 Å². The van der Waals surface area contributed by atoms with Crippen molar-refractivity contribution >= 4 is 17.5 Å². The second kappa shape index (κ2) is 5.72. The first-order valence-corrected chi connectivity index (χ1v) is 7.52. The fourth-order valence-corrected chi connectivity index (χ4v) is 3.15. The van der Waals surface area contributed by atoms with E-state index in [1.54, 1.807) is 6.07 Å². The standard InChI is InChI=1S/C15H20ClN3O/c1-11-6-12(8-13(16)7-11)15(20)19-4-2-18(3-5-19)14-9-17-10-14/h6-8,14,17H,2-5,9-10H2,1H3. The summed E-state index contributed by atoms with van der Waals surface area (Å²) in [6.07, 6.45) is 0. The van der Waals surface area contributed by atoms with Crippen molar-refractivity contribution in [1.82, 2.24) is 15.1 Å².